The van der Waals surface area contributed by atoms with E-state index in [-0.39, 0.29) is 6.04 Å². The summed E-state index contributed by atoms with van der Waals surface area (Å²) in [4.78, 5) is 4.37. The van der Waals surface area contributed by atoms with Gasteiger partial charge in [0.25, 0.3) is 0 Å². The van der Waals surface area contributed by atoms with Gasteiger partial charge in [-0.25, -0.2) is 0 Å². The van der Waals surface area contributed by atoms with Crippen LogP contribution in [0.5, 0.6) is 0 Å². The lowest BCUT2D eigenvalue weighted by Crippen LogP contribution is -2.36. The Morgan fingerprint density at radius 1 is 1.22 bits per heavy atom. The third-order valence-electron chi connectivity index (χ3n) is 4.85. The number of benzene rings is 2. The maximum Gasteiger partial charge on any atom is 0.416 e. The summed E-state index contributed by atoms with van der Waals surface area (Å²) >= 11 is 6.20. The first-order valence-electron chi connectivity index (χ1n) is 8.59. The van der Waals surface area contributed by atoms with Crippen LogP contribution in [0.15, 0.2) is 42.5 Å². The summed E-state index contributed by atoms with van der Waals surface area (Å²) in [6.07, 6.45) is -3.39. The molecule has 3 rings (SSSR count). The summed E-state index contributed by atoms with van der Waals surface area (Å²) in [6.45, 7) is 2.29. The van der Waals surface area contributed by atoms with Crippen molar-refractivity contribution in [3.63, 3.8) is 0 Å². The van der Waals surface area contributed by atoms with Gasteiger partial charge in [-0.3, -0.25) is 0 Å². The number of halogens is 4. The fourth-order valence-electron chi connectivity index (χ4n) is 3.37. The fraction of sp³-hybridized carbons (Fsp3) is 0.350. The maximum absolute atomic E-state index is 12.8. The van der Waals surface area contributed by atoms with Gasteiger partial charge in [0.2, 0.25) is 0 Å². The minimum absolute atomic E-state index is 0.223. The molecule has 0 N–H and O–H groups in total. The zero-order valence-corrected chi connectivity index (χ0v) is 15.6. The fourth-order valence-corrected chi connectivity index (χ4v) is 3.58. The number of anilines is 1. The van der Waals surface area contributed by atoms with E-state index >= 15 is 0 Å². The van der Waals surface area contributed by atoms with Crippen LogP contribution >= 0.6 is 11.6 Å². The van der Waals surface area contributed by atoms with Crippen molar-refractivity contribution < 1.29 is 13.2 Å². The van der Waals surface area contributed by atoms with Gasteiger partial charge in [-0.1, -0.05) is 23.7 Å². The number of alkyl halides is 3. The molecule has 0 aliphatic carbocycles. The van der Waals surface area contributed by atoms with Gasteiger partial charge in [-0.15, -0.1) is 0 Å². The third-order valence-corrected chi connectivity index (χ3v) is 5.16. The van der Waals surface area contributed by atoms with Crippen LogP contribution in [0.2, 0.25) is 5.02 Å². The number of rotatable bonds is 4. The largest absolute Gasteiger partial charge is 0.416 e. The molecular weight excluding hydrogens is 375 g/mol. The van der Waals surface area contributed by atoms with E-state index in [0.717, 1.165) is 42.9 Å². The maximum atomic E-state index is 12.8. The first kappa shape index (κ1) is 19.5. The molecule has 0 aromatic heterocycles. The molecule has 0 spiro atoms. The average molecular weight is 394 g/mol. The van der Waals surface area contributed by atoms with Crippen molar-refractivity contribution in [2.45, 2.75) is 25.2 Å². The summed E-state index contributed by atoms with van der Waals surface area (Å²) in [7, 11) is 2.04. The highest BCUT2D eigenvalue weighted by Crippen LogP contribution is 2.31. The zero-order chi connectivity index (χ0) is 19.6. The molecule has 1 saturated heterocycles. The van der Waals surface area contributed by atoms with Crippen molar-refractivity contribution >= 4 is 17.3 Å². The van der Waals surface area contributed by atoms with Gasteiger partial charge in [0.1, 0.15) is 6.07 Å². The molecule has 0 radical (unpaired) electrons. The lowest BCUT2D eigenvalue weighted by atomic mass is 10.1. The molecule has 1 fully saturated rings. The Morgan fingerprint density at radius 2 is 1.93 bits per heavy atom. The molecular formula is C20H19ClF3N3. The first-order chi connectivity index (χ1) is 12.8. The van der Waals surface area contributed by atoms with Gasteiger partial charge in [0.15, 0.2) is 0 Å². The van der Waals surface area contributed by atoms with Gasteiger partial charge in [0.05, 0.1) is 16.1 Å². The van der Waals surface area contributed by atoms with Crippen LogP contribution in [-0.2, 0) is 12.7 Å². The second-order valence-electron chi connectivity index (χ2n) is 6.80. The second kappa shape index (κ2) is 7.79. The lowest BCUT2D eigenvalue weighted by Gasteiger charge is -2.31. The normalized spacial score (nSPS) is 17.7. The average Bonchev–Trinajstić information content (AvgIpc) is 3.05. The Balaban J connectivity index is 1.89. The quantitative estimate of drug-likeness (QED) is 0.737. The van der Waals surface area contributed by atoms with Crippen molar-refractivity contribution in [1.82, 2.24) is 4.90 Å². The molecule has 1 atom stereocenters. The summed E-state index contributed by atoms with van der Waals surface area (Å²) in [5.41, 5.74) is 1.40. The minimum atomic E-state index is -4.34. The van der Waals surface area contributed by atoms with E-state index in [0.29, 0.717) is 17.1 Å². The molecule has 7 heteroatoms. The van der Waals surface area contributed by atoms with E-state index in [1.165, 1.54) is 12.1 Å². The SMILES string of the molecule is CN1CC[C@H](N(Cc2ccc(C(F)(F)F)cc2)c2ccc(C#N)c(Cl)c2)C1. The zero-order valence-electron chi connectivity index (χ0n) is 14.8. The van der Waals surface area contributed by atoms with Crippen molar-refractivity contribution in [2.75, 3.05) is 25.0 Å². The van der Waals surface area contributed by atoms with E-state index in [9.17, 15) is 13.2 Å². The molecule has 1 aliphatic heterocycles. The van der Waals surface area contributed by atoms with Gasteiger partial charge in [-0.05, 0) is 55.9 Å². The number of nitriles is 1. The van der Waals surface area contributed by atoms with Crippen LogP contribution in [0.25, 0.3) is 0 Å². The summed E-state index contributed by atoms with van der Waals surface area (Å²) in [6, 6.07) is 12.8. The molecule has 142 valence electrons. The summed E-state index contributed by atoms with van der Waals surface area (Å²) in [5.74, 6) is 0. The Morgan fingerprint density at radius 3 is 2.44 bits per heavy atom. The highest BCUT2D eigenvalue weighted by molar-refractivity contribution is 6.32. The Kier molecular flexibility index (Phi) is 5.64. The Bertz CT molecular complexity index is 843. The van der Waals surface area contributed by atoms with Crippen molar-refractivity contribution in [1.29, 1.82) is 5.26 Å². The van der Waals surface area contributed by atoms with E-state index in [1.807, 2.05) is 19.2 Å². The monoisotopic (exact) mass is 393 g/mol. The van der Waals surface area contributed by atoms with E-state index in [2.05, 4.69) is 9.80 Å². The molecule has 3 nitrogen and oxygen atoms in total. The molecule has 27 heavy (non-hydrogen) atoms. The van der Waals surface area contributed by atoms with Crippen LogP contribution in [0.1, 0.15) is 23.1 Å². The molecule has 0 unspecified atom stereocenters. The van der Waals surface area contributed by atoms with E-state index in [1.54, 1.807) is 12.1 Å². The highest BCUT2D eigenvalue weighted by Gasteiger charge is 2.30. The highest BCUT2D eigenvalue weighted by atomic mass is 35.5. The standard InChI is InChI=1S/C20H19ClF3N3/c1-26-9-8-18(13-26)27(17-7-4-15(11-25)19(21)10-17)12-14-2-5-16(6-3-14)20(22,23)24/h2-7,10,18H,8-9,12-13H2,1H3/t18-/m0/s1. The number of nitrogens with zero attached hydrogens (tertiary/aromatic N) is 3. The van der Waals surface area contributed by atoms with Gasteiger partial charge in [0, 0.05) is 24.8 Å². The van der Waals surface area contributed by atoms with Gasteiger partial charge in [-0.2, -0.15) is 18.4 Å². The van der Waals surface area contributed by atoms with Crippen molar-refractivity contribution in [3.05, 3.63) is 64.2 Å². The molecule has 0 bridgehead atoms. The summed E-state index contributed by atoms with van der Waals surface area (Å²) < 4.78 is 38.4. The predicted molar refractivity (Wildman–Crippen MR) is 99.7 cm³/mol. The van der Waals surface area contributed by atoms with E-state index < -0.39 is 11.7 Å². The topological polar surface area (TPSA) is 30.3 Å². The van der Waals surface area contributed by atoms with Crippen LogP contribution in [0.3, 0.4) is 0 Å². The van der Waals surface area contributed by atoms with Crippen LogP contribution < -0.4 is 4.90 Å². The molecule has 2 aromatic rings. The van der Waals surface area contributed by atoms with Crippen molar-refractivity contribution in [3.8, 4) is 6.07 Å². The first-order valence-corrected chi connectivity index (χ1v) is 8.96. The molecule has 1 aliphatic rings. The number of hydrogen-bond donors (Lipinski definition) is 0. The van der Waals surface area contributed by atoms with Gasteiger partial charge >= 0.3 is 6.18 Å². The van der Waals surface area contributed by atoms with Crippen LogP contribution in [0, 0.1) is 11.3 Å². The molecule has 0 amide bonds. The van der Waals surface area contributed by atoms with Crippen molar-refractivity contribution in [2.24, 2.45) is 0 Å². The minimum Gasteiger partial charge on any atom is -0.363 e. The number of hydrogen-bond acceptors (Lipinski definition) is 3. The smallest absolute Gasteiger partial charge is 0.363 e. The lowest BCUT2D eigenvalue weighted by molar-refractivity contribution is -0.137. The number of likely N-dealkylation sites (N-methyl/N-ethyl adjacent to an activating group) is 1. The van der Waals surface area contributed by atoms with E-state index in [4.69, 9.17) is 16.9 Å². The molecule has 0 saturated carbocycles. The van der Waals surface area contributed by atoms with Crippen LogP contribution in [-0.4, -0.2) is 31.1 Å². The van der Waals surface area contributed by atoms with Crippen LogP contribution in [0.4, 0.5) is 18.9 Å². The molecule has 2 aromatic carbocycles. The summed E-state index contributed by atoms with van der Waals surface area (Å²) in [5, 5.41) is 9.45. The molecule has 1 heterocycles. The Hall–Kier alpha value is -2.23. The third kappa shape index (κ3) is 4.55. The Labute approximate surface area is 161 Å². The van der Waals surface area contributed by atoms with Gasteiger partial charge < -0.3 is 9.80 Å². The number of likely N-dealkylation sites (tertiary alicyclic amines) is 1. The predicted octanol–water partition coefficient (Wildman–Crippen LogP) is 4.94. The second-order valence-corrected chi connectivity index (χ2v) is 7.21.